The minimum atomic E-state index is -0.418. The van der Waals surface area contributed by atoms with E-state index in [1.165, 1.54) is 42.6 Å². The maximum Gasteiger partial charge on any atom is 0.274 e. The summed E-state index contributed by atoms with van der Waals surface area (Å²) in [6.07, 6.45) is 1.44. The van der Waals surface area contributed by atoms with Gasteiger partial charge in [-0.3, -0.25) is 4.79 Å². The molecule has 0 fully saturated rings. The topological polar surface area (TPSA) is 54.0 Å². The van der Waals surface area contributed by atoms with Gasteiger partial charge in [0.25, 0.3) is 5.91 Å². The number of hydrogen-bond donors (Lipinski definition) is 2. The van der Waals surface area contributed by atoms with Crippen LogP contribution in [-0.2, 0) is 0 Å². The standard InChI is InChI=1S/C18H13F2N3O/c19-12-5-7-13(8-6-12)23-18(24)17-10-9-14(11-21-17)22-16-4-2-1-3-15(16)20/h1-11,22H,(H,23,24). The van der Waals surface area contributed by atoms with Crippen LogP contribution in [0, 0.1) is 11.6 Å². The molecule has 1 amide bonds. The number of carbonyl (C=O) groups is 1. The second-order valence-corrected chi connectivity index (χ2v) is 5.00. The predicted molar refractivity (Wildman–Crippen MR) is 88.3 cm³/mol. The van der Waals surface area contributed by atoms with Crippen LogP contribution in [0.25, 0.3) is 0 Å². The Bertz CT molecular complexity index is 849. The Hall–Kier alpha value is -3.28. The number of halogens is 2. The van der Waals surface area contributed by atoms with Crippen LogP contribution in [0.3, 0.4) is 0 Å². The van der Waals surface area contributed by atoms with Gasteiger partial charge in [0.05, 0.1) is 17.6 Å². The molecule has 3 aromatic rings. The average Bonchev–Trinajstić information content (AvgIpc) is 2.59. The third-order valence-corrected chi connectivity index (χ3v) is 3.25. The number of carbonyl (C=O) groups excluding carboxylic acids is 1. The van der Waals surface area contributed by atoms with Crippen molar-refractivity contribution in [2.75, 3.05) is 10.6 Å². The molecule has 0 saturated heterocycles. The average molecular weight is 325 g/mol. The van der Waals surface area contributed by atoms with Gasteiger partial charge in [-0.1, -0.05) is 12.1 Å². The van der Waals surface area contributed by atoms with Crippen molar-refractivity contribution in [1.29, 1.82) is 0 Å². The lowest BCUT2D eigenvalue weighted by Crippen LogP contribution is -2.13. The summed E-state index contributed by atoms with van der Waals surface area (Å²) in [5.74, 6) is -1.18. The zero-order valence-electron chi connectivity index (χ0n) is 12.5. The number of para-hydroxylation sites is 1. The van der Waals surface area contributed by atoms with Gasteiger partial charge in [-0.2, -0.15) is 0 Å². The number of anilines is 3. The quantitative estimate of drug-likeness (QED) is 0.749. The summed E-state index contributed by atoms with van der Waals surface area (Å²) in [6, 6.07) is 14.8. The van der Waals surface area contributed by atoms with E-state index < -0.39 is 5.91 Å². The van der Waals surface area contributed by atoms with E-state index in [4.69, 9.17) is 0 Å². The van der Waals surface area contributed by atoms with E-state index in [-0.39, 0.29) is 17.3 Å². The van der Waals surface area contributed by atoms with E-state index in [0.717, 1.165) is 0 Å². The van der Waals surface area contributed by atoms with E-state index >= 15 is 0 Å². The molecule has 3 rings (SSSR count). The molecular formula is C18H13F2N3O. The zero-order chi connectivity index (χ0) is 16.9. The molecule has 24 heavy (non-hydrogen) atoms. The highest BCUT2D eigenvalue weighted by molar-refractivity contribution is 6.02. The minimum Gasteiger partial charge on any atom is -0.352 e. The van der Waals surface area contributed by atoms with Crippen molar-refractivity contribution in [2.24, 2.45) is 0 Å². The molecule has 0 radical (unpaired) electrons. The van der Waals surface area contributed by atoms with Gasteiger partial charge in [-0.05, 0) is 48.5 Å². The smallest absolute Gasteiger partial charge is 0.274 e. The monoisotopic (exact) mass is 325 g/mol. The first kappa shape index (κ1) is 15.6. The number of nitrogens with one attached hydrogen (secondary N) is 2. The van der Waals surface area contributed by atoms with E-state index in [1.807, 2.05) is 0 Å². The van der Waals surface area contributed by atoms with Crippen LogP contribution in [0.15, 0.2) is 66.9 Å². The Morgan fingerprint density at radius 2 is 1.58 bits per heavy atom. The van der Waals surface area contributed by atoms with Crippen LogP contribution in [0.5, 0.6) is 0 Å². The van der Waals surface area contributed by atoms with Crippen molar-refractivity contribution in [3.63, 3.8) is 0 Å². The van der Waals surface area contributed by atoms with Gasteiger partial charge in [0.2, 0.25) is 0 Å². The molecule has 0 unspecified atom stereocenters. The molecule has 1 aromatic heterocycles. The highest BCUT2D eigenvalue weighted by Gasteiger charge is 2.08. The second kappa shape index (κ2) is 6.87. The first-order valence-electron chi connectivity index (χ1n) is 7.16. The highest BCUT2D eigenvalue weighted by Crippen LogP contribution is 2.19. The van der Waals surface area contributed by atoms with E-state index in [0.29, 0.717) is 17.1 Å². The van der Waals surface area contributed by atoms with Crippen LogP contribution in [0.1, 0.15) is 10.5 Å². The molecular weight excluding hydrogens is 312 g/mol. The number of hydrogen-bond acceptors (Lipinski definition) is 3. The molecule has 0 spiro atoms. The summed E-state index contributed by atoms with van der Waals surface area (Å²) in [5.41, 5.74) is 1.54. The molecule has 0 atom stereocenters. The van der Waals surface area contributed by atoms with Crippen LogP contribution in [0.2, 0.25) is 0 Å². The van der Waals surface area contributed by atoms with Gasteiger partial charge in [-0.25, -0.2) is 13.8 Å². The maximum atomic E-state index is 13.6. The molecule has 6 heteroatoms. The summed E-state index contributed by atoms with van der Waals surface area (Å²) in [4.78, 5) is 16.1. The van der Waals surface area contributed by atoms with Crippen molar-refractivity contribution in [2.45, 2.75) is 0 Å². The lowest BCUT2D eigenvalue weighted by molar-refractivity contribution is 0.102. The summed E-state index contributed by atoms with van der Waals surface area (Å²) in [5, 5.41) is 5.50. The van der Waals surface area contributed by atoms with Crippen LogP contribution >= 0.6 is 0 Å². The van der Waals surface area contributed by atoms with Gasteiger partial charge in [0, 0.05) is 5.69 Å². The first-order valence-corrected chi connectivity index (χ1v) is 7.16. The number of rotatable bonds is 4. The highest BCUT2D eigenvalue weighted by atomic mass is 19.1. The summed E-state index contributed by atoms with van der Waals surface area (Å²) >= 11 is 0. The molecule has 1 heterocycles. The molecule has 0 aliphatic heterocycles. The Balaban J connectivity index is 1.68. The maximum absolute atomic E-state index is 13.6. The normalized spacial score (nSPS) is 10.2. The Morgan fingerprint density at radius 1 is 0.875 bits per heavy atom. The summed E-state index contributed by atoms with van der Waals surface area (Å²) in [6.45, 7) is 0. The molecule has 0 saturated carbocycles. The molecule has 4 nitrogen and oxygen atoms in total. The largest absolute Gasteiger partial charge is 0.352 e. The molecule has 2 N–H and O–H groups in total. The summed E-state index contributed by atoms with van der Waals surface area (Å²) in [7, 11) is 0. The predicted octanol–water partition coefficient (Wildman–Crippen LogP) is 4.36. The number of pyridine rings is 1. The summed E-state index contributed by atoms with van der Waals surface area (Å²) < 4.78 is 26.4. The third kappa shape index (κ3) is 3.73. The van der Waals surface area contributed by atoms with Crippen molar-refractivity contribution >= 4 is 23.0 Å². The first-order chi connectivity index (χ1) is 11.6. The van der Waals surface area contributed by atoms with Gasteiger partial charge in [-0.15, -0.1) is 0 Å². The second-order valence-electron chi connectivity index (χ2n) is 5.00. The number of aromatic nitrogens is 1. The van der Waals surface area contributed by atoms with E-state index in [1.54, 1.807) is 24.3 Å². The van der Waals surface area contributed by atoms with Gasteiger partial charge in [0.1, 0.15) is 17.3 Å². The zero-order valence-corrected chi connectivity index (χ0v) is 12.5. The Labute approximate surface area is 137 Å². The lowest BCUT2D eigenvalue weighted by atomic mass is 10.2. The van der Waals surface area contributed by atoms with Crippen molar-refractivity contribution in [1.82, 2.24) is 4.98 Å². The molecule has 2 aromatic carbocycles. The fourth-order valence-corrected chi connectivity index (χ4v) is 2.05. The third-order valence-electron chi connectivity index (χ3n) is 3.25. The lowest BCUT2D eigenvalue weighted by Gasteiger charge is -2.08. The van der Waals surface area contributed by atoms with E-state index in [9.17, 15) is 13.6 Å². The fourth-order valence-electron chi connectivity index (χ4n) is 2.05. The van der Waals surface area contributed by atoms with Gasteiger partial charge >= 0.3 is 0 Å². The minimum absolute atomic E-state index is 0.193. The number of amides is 1. The van der Waals surface area contributed by atoms with Gasteiger partial charge in [0.15, 0.2) is 0 Å². The fraction of sp³-hybridized carbons (Fsp3) is 0. The molecule has 120 valence electrons. The van der Waals surface area contributed by atoms with Crippen molar-refractivity contribution in [3.05, 3.63) is 84.2 Å². The van der Waals surface area contributed by atoms with Crippen LogP contribution < -0.4 is 10.6 Å². The van der Waals surface area contributed by atoms with Gasteiger partial charge < -0.3 is 10.6 Å². The molecule has 0 aliphatic carbocycles. The molecule has 0 aliphatic rings. The Kier molecular flexibility index (Phi) is 4.47. The number of nitrogens with zero attached hydrogens (tertiary/aromatic N) is 1. The van der Waals surface area contributed by atoms with Crippen LogP contribution in [0.4, 0.5) is 25.8 Å². The van der Waals surface area contributed by atoms with E-state index in [2.05, 4.69) is 15.6 Å². The SMILES string of the molecule is O=C(Nc1ccc(F)cc1)c1ccc(Nc2ccccc2F)cn1. The van der Waals surface area contributed by atoms with Crippen molar-refractivity contribution < 1.29 is 13.6 Å². The Morgan fingerprint density at radius 3 is 2.25 bits per heavy atom. The number of benzene rings is 2. The van der Waals surface area contributed by atoms with Crippen LogP contribution in [-0.4, -0.2) is 10.9 Å². The van der Waals surface area contributed by atoms with Crippen molar-refractivity contribution in [3.8, 4) is 0 Å². The molecule has 0 bridgehead atoms.